The summed E-state index contributed by atoms with van der Waals surface area (Å²) >= 11 is 6.02. The van der Waals surface area contributed by atoms with Gasteiger partial charge < -0.3 is 5.32 Å². The van der Waals surface area contributed by atoms with Crippen molar-refractivity contribution in [3.8, 4) is 0 Å². The van der Waals surface area contributed by atoms with Gasteiger partial charge >= 0.3 is 0 Å². The average molecular weight is 295 g/mol. The third-order valence-corrected chi connectivity index (χ3v) is 4.64. The SMILES string of the molecule is Cc1cc(Cl)nc(CN2CCCC(C3CCCN3)C2)n1. The summed E-state index contributed by atoms with van der Waals surface area (Å²) < 4.78 is 0. The summed E-state index contributed by atoms with van der Waals surface area (Å²) in [6.07, 6.45) is 5.30. The number of aryl methyl sites for hydroxylation is 1. The Morgan fingerprint density at radius 1 is 1.35 bits per heavy atom. The van der Waals surface area contributed by atoms with Crippen molar-refractivity contribution in [3.05, 3.63) is 22.7 Å². The molecule has 2 atom stereocenters. The molecule has 0 amide bonds. The Labute approximate surface area is 125 Å². The molecule has 2 aliphatic heterocycles. The summed E-state index contributed by atoms with van der Waals surface area (Å²) in [4.78, 5) is 11.3. The molecular weight excluding hydrogens is 272 g/mol. The van der Waals surface area contributed by atoms with Crippen molar-refractivity contribution in [1.82, 2.24) is 20.2 Å². The van der Waals surface area contributed by atoms with Crippen LogP contribution in [-0.4, -0.2) is 40.5 Å². The van der Waals surface area contributed by atoms with E-state index in [4.69, 9.17) is 11.6 Å². The molecule has 0 saturated carbocycles. The van der Waals surface area contributed by atoms with Gasteiger partial charge in [0.25, 0.3) is 0 Å². The third kappa shape index (κ3) is 3.48. The highest BCUT2D eigenvalue weighted by atomic mass is 35.5. The third-order valence-electron chi connectivity index (χ3n) is 4.44. The minimum atomic E-state index is 0.554. The molecule has 0 spiro atoms. The molecule has 0 aliphatic carbocycles. The molecule has 3 heterocycles. The minimum absolute atomic E-state index is 0.554. The first-order chi connectivity index (χ1) is 9.70. The van der Waals surface area contributed by atoms with Gasteiger partial charge in [0.15, 0.2) is 0 Å². The van der Waals surface area contributed by atoms with Crippen molar-refractivity contribution in [3.63, 3.8) is 0 Å². The van der Waals surface area contributed by atoms with Crippen LogP contribution in [0.3, 0.4) is 0 Å². The van der Waals surface area contributed by atoms with Gasteiger partial charge in [-0.2, -0.15) is 0 Å². The molecule has 1 aromatic heterocycles. The second-order valence-electron chi connectivity index (χ2n) is 6.09. The summed E-state index contributed by atoms with van der Waals surface area (Å²) in [6.45, 7) is 6.30. The Kier molecular flexibility index (Phi) is 4.54. The first kappa shape index (κ1) is 14.2. The molecule has 4 nitrogen and oxygen atoms in total. The van der Waals surface area contributed by atoms with E-state index in [0.717, 1.165) is 43.1 Å². The molecule has 0 radical (unpaired) electrons. The van der Waals surface area contributed by atoms with E-state index >= 15 is 0 Å². The van der Waals surface area contributed by atoms with Crippen LogP contribution in [0.4, 0.5) is 0 Å². The lowest BCUT2D eigenvalue weighted by Gasteiger charge is -2.35. The zero-order valence-electron chi connectivity index (χ0n) is 12.1. The number of nitrogens with one attached hydrogen (secondary N) is 1. The average Bonchev–Trinajstić information content (AvgIpc) is 2.91. The van der Waals surface area contributed by atoms with E-state index in [1.54, 1.807) is 0 Å². The molecular formula is C15H23ClN4. The Morgan fingerprint density at radius 2 is 2.25 bits per heavy atom. The Balaban J connectivity index is 1.61. The molecule has 1 aromatic rings. The quantitative estimate of drug-likeness (QED) is 0.869. The molecule has 0 bridgehead atoms. The second kappa shape index (κ2) is 6.37. The van der Waals surface area contributed by atoms with E-state index in [-0.39, 0.29) is 0 Å². The number of likely N-dealkylation sites (tertiary alicyclic amines) is 1. The van der Waals surface area contributed by atoms with Gasteiger partial charge in [0.1, 0.15) is 11.0 Å². The predicted octanol–water partition coefficient (Wildman–Crippen LogP) is 2.40. The van der Waals surface area contributed by atoms with E-state index in [1.165, 1.54) is 32.2 Å². The van der Waals surface area contributed by atoms with Crippen LogP contribution in [0.5, 0.6) is 0 Å². The van der Waals surface area contributed by atoms with Gasteiger partial charge in [0.05, 0.1) is 6.54 Å². The van der Waals surface area contributed by atoms with E-state index in [9.17, 15) is 0 Å². The molecule has 2 saturated heterocycles. The van der Waals surface area contributed by atoms with Crippen molar-refractivity contribution in [2.75, 3.05) is 19.6 Å². The van der Waals surface area contributed by atoms with Crippen molar-refractivity contribution in [2.24, 2.45) is 5.92 Å². The largest absolute Gasteiger partial charge is 0.314 e. The van der Waals surface area contributed by atoms with Gasteiger partial charge in [-0.15, -0.1) is 0 Å². The second-order valence-corrected chi connectivity index (χ2v) is 6.48. The first-order valence-electron chi connectivity index (χ1n) is 7.66. The maximum Gasteiger partial charge on any atom is 0.144 e. The zero-order valence-corrected chi connectivity index (χ0v) is 12.9. The fourth-order valence-corrected chi connectivity index (χ4v) is 3.79. The van der Waals surface area contributed by atoms with Crippen LogP contribution < -0.4 is 5.32 Å². The zero-order chi connectivity index (χ0) is 13.9. The number of aromatic nitrogens is 2. The number of halogens is 1. The molecule has 0 aromatic carbocycles. The Bertz CT molecular complexity index is 439. The van der Waals surface area contributed by atoms with Crippen molar-refractivity contribution in [1.29, 1.82) is 0 Å². The fourth-order valence-electron chi connectivity index (χ4n) is 3.54. The van der Waals surface area contributed by atoms with Gasteiger partial charge in [0, 0.05) is 18.3 Å². The Morgan fingerprint density at radius 3 is 3.00 bits per heavy atom. The van der Waals surface area contributed by atoms with E-state index in [1.807, 2.05) is 13.0 Å². The van der Waals surface area contributed by atoms with E-state index < -0.39 is 0 Å². The highest BCUT2D eigenvalue weighted by molar-refractivity contribution is 6.29. The molecule has 20 heavy (non-hydrogen) atoms. The minimum Gasteiger partial charge on any atom is -0.314 e. The Hall–Kier alpha value is -0.710. The lowest BCUT2D eigenvalue weighted by atomic mass is 9.90. The number of hydrogen-bond acceptors (Lipinski definition) is 4. The highest BCUT2D eigenvalue weighted by Crippen LogP contribution is 2.25. The first-order valence-corrected chi connectivity index (χ1v) is 8.04. The predicted molar refractivity (Wildman–Crippen MR) is 80.8 cm³/mol. The maximum atomic E-state index is 6.02. The van der Waals surface area contributed by atoms with E-state index in [2.05, 4.69) is 20.2 Å². The molecule has 2 fully saturated rings. The van der Waals surface area contributed by atoms with Crippen LogP contribution >= 0.6 is 11.6 Å². The van der Waals surface area contributed by atoms with Crippen LogP contribution in [0.1, 0.15) is 37.2 Å². The van der Waals surface area contributed by atoms with Gasteiger partial charge in [-0.05, 0) is 57.7 Å². The lowest BCUT2D eigenvalue weighted by Crippen LogP contribution is -2.43. The van der Waals surface area contributed by atoms with Crippen LogP contribution in [0, 0.1) is 12.8 Å². The van der Waals surface area contributed by atoms with Crippen LogP contribution in [0.2, 0.25) is 5.15 Å². The van der Waals surface area contributed by atoms with E-state index in [0.29, 0.717) is 5.15 Å². The molecule has 2 unspecified atom stereocenters. The van der Waals surface area contributed by atoms with Crippen molar-refractivity contribution >= 4 is 11.6 Å². The standard InChI is InChI=1S/C15H23ClN4/c1-11-8-14(16)19-15(18-11)10-20-7-3-4-12(9-20)13-5-2-6-17-13/h8,12-13,17H,2-7,9-10H2,1H3. The monoisotopic (exact) mass is 294 g/mol. The summed E-state index contributed by atoms with van der Waals surface area (Å²) in [7, 11) is 0. The summed E-state index contributed by atoms with van der Waals surface area (Å²) in [5.41, 5.74) is 0.950. The fraction of sp³-hybridized carbons (Fsp3) is 0.733. The normalized spacial score (nSPS) is 27.9. The summed E-state index contributed by atoms with van der Waals surface area (Å²) in [6, 6.07) is 2.53. The van der Waals surface area contributed by atoms with Crippen LogP contribution in [0.25, 0.3) is 0 Å². The van der Waals surface area contributed by atoms with Crippen LogP contribution in [-0.2, 0) is 6.54 Å². The van der Waals surface area contributed by atoms with Gasteiger partial charge in [-0.1, -0.05) is 11.6 Å². The molecule has 3 rings (SSSR count). The lowest BCUT2D eigenvalue weighted by molar-refractivity contribution is 0.142. The number of piperidine rings is 1. The summed E-state index contributed by atoms with van der Waals surface area (Å²) in [5, 5.41) is 4.20. The maximum absolute atomic E-state index is 6.02. The van der Waals surface area contributed by atoms with Gasteiger partial charge in [0.2, 0.25) is 0 Å². The molecule has 5 heteroatoms. The van der Waals surface area contributed by atoms with Gasteiger partial charge in [-0.25, -0.2) is 9.97 Å². The van der Waals surface area contributed by atoms with Crippen molar-refractivity contribution < 1.29 is 0 Å². The molecule has 1 N–H and O–H groups in total. The number of nitrogens with zero attached hydrogens (tertiary/aromatic N) is 3. The topological polar surface area (TPSA) is 41.1 Å². The number of hydrogen-bond donors (Lipinski definition) is 1. The molecule has 110 valence electrons. The smallest absolute Gasteiger partial charge is 0.144 e. The van der Waals surface area contributed by atoms with Gasteiger partial charge in [-0.3, -0.25) is 4.90 Å². The summed E-state index contributed by atoms with van der Waals surface area (Å²) in [5.74, 6) is 1.64. The van der Waals surface area contributed by atoms with Crippen LogP contribution in [0.15, 0.2) is 6.07 Å². The highest BCUT2D eigenvalue weighted by Gasteiger charge is 2.29. The number of rotatable bonds is 3. The van der Waals surface area contributed by atoms with Crippen molar-refractivity contribution in [2.45, 2.75) is 45.2 Å². The molecule has 2 aliphatic rings.